The number of halogens is 2. The molecule has 7 heteroatoms. The third-order valence-electron chi connectivity index (χ3n) is 4.27. The van der Waals surface area contributed by atoms with Crippen LogP contribution in [0.3, 0.4) is 0 Å². The Morgan fingerprint density at radius 3 is 2.79 bits per heavy atom. The van der Waals surface area contributed by atoms with Crippen molar-refractivity contribution in [3.05, 3.63) is 53.6 Å². The van der Waals surface area contributed by atoms with E-state index in [4.69, 9.17) is 0 Å². The maximum atomic E-state index is 14.1. The first kappa shape index (κ1) is 16.6. The quantitative estimate of drug-likeness (QED) is 0.938. The number of likely N-dealkylation sites (tertiary alicyclic amines) is 1. The number of rotatable bonds is 3. The van der Waals surface area contributed by atoms with Gasteiger partial charge in [0.25, 0.3) is 5.91 Å². The molecular weight excluding hydrogens is 316 g/mol. The largest absolute Gasteiger partial charge is 0.391 e. The number of imidazole rings is 1. The number of carbonyl (C=O) groups is 1. The van der Waals surface area contributed by atoms with Crippen molar-refractivity contribution in [1.29, 1.82) is 0 Å². The molecule has 1 aromatic heterocycles. The molecule has 2 atom stereocenters. The number of aromatic nitrogens is 2. The van der Waals surface area contributed by atoms with E-state index in [2.05, 4.69) is 4.98 Å². The van der Waals surface area contributed by atoms with Crippen LogP contribution in [0, 0.1) is 11.6 Å². The zero-order chi connectivity index (χ0) is 17.4. The van der Waals surface area contributed by atoms with Crippen molar-refractivity contribution < 1.29 is 18.7 Å². The predicted octanol–water partition coefficient (Wildman–Crippen LogP) is 2.69. The van der Waals surface area contributed by atoms with E-state index < -0.39 is 29.7 Å². The summed E-state index contributed by atoms with van der Waals surface area (Å²) in [6.45, 7) is 3.98. The minimum Gasteiger partial charge on any atom is -0.391 e. The molecule has 0 radical (unpaired) electrons. The summed E-state index contributed by atoms with van der Waals surface area (Å²) in [6, 6.07) is 2.57. The number of benzene rings is 1. The highest BCUT2D eigenvalue weighted by Crippen LogP contribution is 2.35. The number of carbonyl (C=O) groups excluding carboxylic acids is 1. The molecule has 1 amide bonds. The van der Waals surface area contributed by atoms with Crippen LogP contribution in [0.15, 0.2) is 30.7 Å². The zero-order valence-corrected chi connectivity index (χ0v) is 13.5. The van der Waals surface area contributed by atoms with Crippen LogP contribution in [0.2, 0.25) is 0 Å². The van der Waals surface area contributed by atoms with Crippen LogP contribution in [-0.4, -0.2) is 38.1 Å². The lowest BCUT2D eigenvalue weighted by atomic mass is 10.0. The van der Waals surface area contributed by atoms with Crippen LogP contribution >= 0.6 is 0 Å². The lowest BCUT2D eigenvalue weighted by Crippen LogP contribution is -2.32. The third-order valence-corrected chi connectivity index (χ3v) is 4.27. The highest BCUT2D eigenvalue weighted by atomic mass is 19.1. The summed E-state index contributed by atoms with van der Waals surface area (Å²) in [5.41, 5.74) is 0.294. The van der Waals surface area contributed by atoms with Gasteiger partial charge in [-0.05, 0) is 38.5 Å². The van der Waals surface area contributed by atoms with E-state index in [1.54, 1.807) is 17.1 Å². The van der Waals surface area contributed by atoms with Gasteiger partial charge in [-0.3, -0.25) is 4.79 Å². The Morgan fingerprint density at radius 2 is 2.12 bits per heavy atom. The molecule has 0 aliphatic carbocycles. The summed E-state index contributed by atoms with van der Waals surface area (Å²) in [6.07, 6.45) is 2.56. The van der Waals surface area contributed by atoms with Crippen LogP contribution < -0.4 is 0 Å². The van der Waals surface area contributed by atoms with Gasteiger partial charge in [-0.15, -0.1) is 0 Å². The minimum atomic E-state index is -0.784. The zero-order valence-electron chi connectivity index (χ0n) is 13.5. The van der Waals surface area contributed by atoms with E-state index in [0.29, 0.717) is 0 Å². The predicted molar refractivity (Wildman–Crippen MR) is 83.4 cm³/mol. The maximum Gasteiger partial charge on any atom is 0.274 e. The van der Waals surface area contributed by atoms with Crippen molar-refractivity contribution >= 4 is 5.91 Å². The topological polar surface area (TPSA) is 58.4 Å². The van der Waals surface area contributed by atoms with Crippen molar-refractivity contribution in [2.75, 3.05) is 6.54 Å². The van der Waals surface area contributed by atoms with Gasteiger partial charge in [0.1, 0.15) is 17.3 Å². The van der Waals surface area contributed by atoms with Gasteiger partial charge in [0.05, 0.1) is 18.5 Å². The van der Waals surface area contributed by atoms with E-state index >= 15 is 0 Å². The first-order chi connectivity index (χ1) is 11.4. The lowest BCUT2D eigenvalue weighted by molar-refractivity contribution is 0.0708. The molecule has 1 fully saturated rings. The first-order valence-corrected chi connectivity index (χ1v) is 7.84. The fourth-order valence-corrected chi connectivity index (χ4v) is 2.98. The molecule has 1 aliphatic heterocycles. The number of hydrogen-bond acceptors (Lipinski definition) is 3. The molecule has 2 heterocycles. The van der Waals surface area contributed by atoms with Crippen LogP contribution in [0.4, 0.5) is 8.78 Å². The average Bonchev–Trinajstić information content (AvgIpc) is 3.16. The van der Waals surface area contributed by atoms with E-state index in [0.717, 1.165) is 18.2 Å². The van der Waals surface area contributed by atoms with Gasteiger partial charge in [0.2, 0.25) is 0 Å². The molecule has 24 heavy (non-hydrogen) atoms. The highest BCUT2D eigenvalue weighted by molar-refractivity contribution is 5.92. The Balaban J connectivity index is 1.92. The van der Waals surface area contributed by atoms with Gasteiger partial charge in [0.15, 0.2) is 0 Å². The molecule has 1 N–H and O–H groups in total. The molecule has 0 bridgehead atoms. The van der Waals surface area contributed by atoms with E-state index in [1.807, 2.05) is 13.8 Å². The molecular formula is C17H19F2N3O2. The van der Waals surface area contributed by atoms with Gasteiger partial charge in [0, 0.05) is 24.3 Å². The Hall–Kier alpha value is -2.28. The number of nitrogens with zero attached hydrogens (tertiary/aromatic N) is 3. The van der Waals surface area contributed by atoms with Gasteiger partial charge < -0.3 is 14.6 Å². The second-order valence-electron chi connectivity index (χ2n) is 6.33. The summed E-state index contributed by atoms with van der Waals surface area (Å²) >= 11 is 0. The molecule has 128 valence electrons. The number of β-amino-alcohol motifs (C(OH)–C–C–N with tert-alkyl or cyclic N) is 1. The van der Waals surface area contributed by atoms with Gasteiger partial charge in [-0.2, -0.15) is 0 Å². The first-order valence-electron chi connectivity index (χ1n) is 7.84. The number of aliphatic hydroxyl groups excluding tert-OH is 1. The van der Waals surface area contributed by atoms with Crippen molar-refractivity contribution in [2.45, 2.75) is 38.5 Å². The maximum absolute atomic E-state index is 14.1. The second kappa shape index (κ2) is 6.32. The molecule has 1 aliphatic rings. The van der Waals surface area contributed by atoms with Gasteiger partial charge in [-0.25, -0.2) is 13.8 Å². The summed E-state index contributed by atoms with van der Waals surface area (Å²) in [5, 5.41) is 9.95. The molecule has 5 nitrogen and oxygen atoms in total. The Labute approximate surface area is 138 Å². The lowest BCUT2D eigenvalue weighted by Gasteiger charge is -2.24. The smallest absolute Gasteiger partial charge is 0.274 e. The molecule has 0 saturated carbocycles. The second-order valence-corrected chi connectivity index (χ2v) is 6.33. The summed E-state index contributed by atoms with van der Waals surface area (Å²) in [7, 11) is 0. The molecule has 0 unspecified atom stereocenters. The van der Waals surface area contributed by atoms with Crippen LogP contribution in [0.1, 0.15) is 48.4 Å². The Kier molecular flexibility index (Phi) is 4.36. The fraction of sp³-hybridized carbons (Fsp3) is 0.412. The van der Waals surface area contributed by atoms with Gasteiger partial charge >= 0.3 is 0 Å². The normalized spacial score (nSPS) is 20.8. The fourth-order valence-electron chi connectivity index (χ4n) is 2.98. The molecule has 1 aromatic carbocycles. The van der Waals surface area contributed by atoms with Crippen molar-refractivity contribution in [2.24, 2.45) is 0 Å². The SMILES string of the molecule is CC(C)n1cnc(C(=O)N2C[C@@H](O)C[C@@H]2c2cc(F)ccc2F)c1. The monoisotopic (exact) mass is 335 g/mol. The van der Waals surface area contributed by atoms with Gasteiger partial charge in [-0.1, -0.05) is 0 Å². The molecule has 1 saturated heterocycles. The molecule has 0 spiro atoms. The van der Waals surface area contributed by atoms with Crippen molar-refractivity contribution in [1.82, 2.24) is 14.5 Å². The summed E-state index contributed by atoms with van der Waals surface area (Å²) < 4.78 is 29.4. The van der Waals surface area contributed by atoms with Crippen LogP contribution in [-0.2, 0) is 0 Å². The Bertz CT molecular complexity index is 760. The van der Waals surface area contributed by atoms with E-state index in [9.17, 15) is 18.7 Å². The van der Waals surface area contributed by atoms with Crippen molar-refractivity contribution in [3.8, 4) is 0 Å². The molecule has 3 rings (SSSR count). The Morgan fingerprint density at radius 1 is 1.38 bits per heavy atom. The average molecular weight is 335 g/mol. The number of aliphatic hydroxyl groups is 1. The third kappa shape index (κ3) is 3.03. The highest BCUT2D eigenvalue weighted by Gasteiger charge is 2.38. The summed E-state index contributed by atoms with van der Waals surface area (Å²) in [4.78, 5) is 18.2. The number of amides is 1. The van der Waals surface area contributed by atoms with Crippen LogP contribution in [0.5, 0.6) is 0 Å². The minimum absolute atomic E-state index is 0.0635. The van der Waals surface area contributed by atoms with E-state index in [-0.39, 0.29) is 30.3 Å². The summed E-state index contributed by atoms with van der Waals surface area (Å²) in [5.74, 6) is -1.58. The standard InChI is InChI=1S/C17H19F2N3O2/c1-10(2)21-8-15(20-9-21)17(24)22-7-12(23)6-16(22)13-5-11(18)3-4-14(13)19/h3-5,8-10,12,16,23H,6-7H2,1-2H3/t12-,16+/m0/s1. The van der Waals surface area contributed by atoms with Crippen LogP contribution in [0.25, 0.3) is 0 Å². The van der Waals surface area contributed by atoms with Crippen molar-refractivity contribution in [3.63, 3.8) is 0 Å². The number of hydrogen-bond donors (Lipinski definition) is 1. The molecule has 2 aromatic rings. The van der Waals surface area contributed by atoms with E-state index in [1.165, 1.54) is 4.90 Å².